The number of amidine groups is 1. The van der Waals surface area contributed by atoms with Gasteiger partial charge in [0.25, 0.3) is 0 Å². The van der Waals surface area contributed by atoms with Gasteiger partial charge in [-0.3, -0.25) is 4.99 Å². The van der Waals surface area contributed by atoms with Gasteiger partial charge in [0, 0.05) is 29.9 Å². The quantitative estimate of drug-likeness (QED) is 0.870. The lowest BCUT2D eigenvalue weighted by molar-refractivity contribution is 0.313. The van der Waals surface area contributed by atoms with Gasteiger partial charge < -0.3 is 10.2 Å². The molecule has 1 aliphatic rings. The Morgan fingerprint density at radius 2 is 1.90 bits per heavy atom. The average Bonchev–Trinajstić information content (AvgIpc) is 2.85. The van der Waals surface area contributed by atoms with Crippen molar-refractivity contribution in [1.29, 1.82) is 0 Å². The van der Waals surface area contributed by atoms with Gasteiger partial charge in [-0.1, -0.05) is 37.6 Å². The van der Waals surface area contributed by atoms with E-state index in [0.717, 1.165) is 43.5 Å². The highest BCUT2D eigenvalue weighted by molar-refractivity contribution is 6.30. The van der Waals surface area contributed by atoms with Crippen LogP contribution in [0.2, 0.25) is 5.02 Å². The first kappa shape index (κ1) is 16.3. The highest BCUT2D eigenvalue weighted by Gasteiger charge is 2.28. The summed E-state index contributed by atoms with van der Waals surface area (Å²) in [5.41, 5.74) is 1.34. The van der Waals surface area contributed by atoms with E-state index < -0.39 is 0 Å². The number of rotatable bonds is 6. The van der Waals surface area contributed by atoms with Gasteiger partial charge in [0.1, 0.15) is 0 Å². The third kappa shape index (κ3) is 4.45. The maximum Gasteiger partial charge on any atom is 0.0972 e. The van der Waals surface area contributed by atoms with Crippen molar-refractivity contribution in [3.05, 3.63) is 34.9 Å². The maximum atomic E-state index is 5.97. The molecule has 1 N–H and O–H groups in total. The zero-order valence-corrected chi connectivity index (χ0v) is 14.0. The molecule has 0 aromatic heterocycles. The van der Waals surface area contributed by atoms with Crippen molar-refractivity contribution in [3.8, 4) is 0 Å². The summed E-state index contributed by atoms with van der Waals surface area (Å²) < 4.78 is 0. The minimum absolute atomic E-state index is 0.429. The summed E-state index contributed by atoms with van der Waals surface area (Å²) in [4.78, 5) is 7.14. The fraction of sp³-hybridized carbons (Fsp3) is 0.588. The molecule has 1 heterocycles. The van der Waals surface area contributed by atoms with Gasteiger partial charge >= 0.3 is 0 Å². The molecular formula is C17H26ClN3. The Bertz CT molecular complexity index is 465. The van der Waals surface area contributed by atoms with Crippen LogP contribution >= 0.6 is 11.6 Å². The molecule has 2 atom stereocenters. The highest BCUT2D eigenvalue weighted by Crippen LogP contribution is 2.29. The molecule has 21 heavy (non-hydrogen) atoms. The van der Waals surface area contributed by atoms with Crippen molar-refractivity contribution in [2.45, 2.75) is 39.2 Å². The van der Waals surface area contributed by atoms with E-state index in [0.29, 0.717) is 12.0 Å². The SMILES string of the molecule is CCN(CC)CCN=C1CC(c2ccc(Cl)cc2)C(C)N1. The monoisotopic (exact) mass is 307 g/mol. The summed E-state index contributed by atoms with van der Waals surface area (Å²) in [5.74, 6) is 1.64. The molecule has 1 aromatic carbocycles. The largest absolute Gasteiger partial charge is 0.371 e. The fourth-order valence-corrected chi connectivity index (χ4v) is 3.03. The van der Waals surface area contributed by atoms with Crippen molar-refractivity contribution in [2.24, 2.45) is 4.99 Å². The summed E-state index contributed by atoms with van der Waals surface area (Å²) in [6.45, 7) is 10.7. The van der Waals surface area contributed by atoms with Crippen molar-refractivity contribution < 1.29 is 0 Å². The number of nitrogens with one attached hydrogen (secondary N) is 1. The van der Waals surface area contributed by atoms with Gasteiger partial charge in [-0.15, -0.1) is 0 Å². The first-order valence-corrected chi connectivity index (χ1v) is 8.29. The second kappa shape index (κ2) is 7.81. The molecule has 116 valence electrons. The van der Waals surface area contributed by atoms with E-state index in [1.165, 1.54) is 5.56 Å². The van der Waals surface area contributed by atoms with Crippen LogP contribution in [-0.2, 0) is 0 Å². The van der Waals surface area contributed by atoms with Crippen molar-refractivity contribution in [1.82, 2.24) is 10.2 Å². The zero-order valence-electron chi connectivity index (χ0n) is 13.3. The number of aliphatic imine (C=N–C) groups is 1. The Hall–Kier alpha value is -1.06. The first-order valence-electron chi connectivity index (χ1n) is 7.91. The van der Waals surface area contributed by atoms with E-state index in [9.17, 15) is 0 Å². The molecule has 4 heteroatoms. The molecule has 0 bridgehead atoms. The molecule has 1 aromatic rings. The number of halogens is 1. The van der Waals surface area contributed by atoms with Crippen LogP contribution in [0.4, 0.5) is 0 Å². The summed E-state index contributed by atoms with van der Waals surface area (Å²) in [6.07, 6.45) is 1.00. The normalized spacial score (nSPS) is 23.8. The predicted molar refractivity (Wildman–Crippen MR) is 91.5 cm³/mol. The number of nitrogens with zero attached hydrogens (tertiary/aromatic N) is 2. The van der Waals surface area contributed by atoms with Gasteiger partial charge in [-0.05, 0) is 37.7 Å². The Morgan fingerprint density at radius 3 is 2.52 bits per heavy atom. The molecule has 0 saturated carbocycles. The summed E-state index contributed by atoms with van der Waals surface area (Å²) in [6, 6.07) is 8.63. The lowest BCUT2D eigenvalue weighted by Gasteiger charge is -2.16. The standard InChI is InChI=1S/C17H26ClN3/c1-4-21(5-2)11-10-19-17-12-16(13(3)20-17)14-6-8-15(18)9-7-14/h6-9,13,16H,4-5,10-12H2,1-3H3,(H,19,20). The second-order valence-corrected chi connectivity index (χ2v) is 6.09. The maximum absolute atomic E-state index is 5.97. The Labute approximate surface area is 133 Å². The van der Waals surface area contributed by atoms with Crippen molar-refractivity contribution >= 4 is 17.4 Å². The van der Waals surface area contributed by atoms with Gasteiger partial charge in [-0.25, -0.2) is 0 Å². The molecule has 1 saturated heterocycles. The fourth-order valence-electron chi connectivity index (χ4n) is 2.90. The van der Waals surface area contributed by atoms with Gasteiger partial charge in [-0.2, -0.15) is 0 Å². The zero-order chi connectivity index (χ0) is 15.2. The third-order valence-corrected chi connectivity index (χ3v) is 4.57. The van der Waals surface area contributed by atoms with Gasteiger partial charge in [0.15, 0.2) is 0 Å². The van der Waals surface area contributed by atoms with E-state index in [1.54, 1.807) is 0 Å². The summed E-state index contributed by atoms with van der Waals surface area (Å²) in [5, 5.41) is 4.32. The molecule has 0 radical (unpaired) electrons. The van der Waals surface area contributed by atoms with Crippen LogP contribution in [0, 0.1) is 0 Å². The minimum atomic E-state index is 0.429. The number of hydrogen-bond acceptors (Lipinski definition) is 2. The van der Waals surface area contributed by atoms with E-state index >= 15 is 0 Å². The Kier molecular flexibility index (Phi) is 6.07. The summed E-state index contributed by atoms with van der Waals surface area (Å²) >= 11 is 5.97. The van der Waals surface area contributed by atoms with E-state index in [1.807, 2.05) is 12.1 Å². The van der Waals surface area contributed by atoms with Crippen LogP contribution in [0.3, 0.4) is 0 Å². The smallest absolute Gasteiger partial charge is 0.0972 e. The molecule has 3 nitrogen and oxygen atoms in total. The molecule has 2 rings (SSSR count). The first-order chi connectivity index (χ1) is 10.1. The summed E-state index contributed by atoms with van der Waals surface area (Å²) in [7, 11) is 0. The highest BCUT2D eigenvalue weighted by atomic mass is 35.5. The topological polar surface area (TPSA) is 27.6 Å². The number of hydrogen-bond donors (Lipinski definition) is 1. The second-order valence-electron chi connectivity index (χ2n) is 5.65. The molecule has 1 aliphatic heterocycles. The van der Waals surface area contributed by atoms with E-state index in [4.69, 9.17) is 16.6 Å². The average molecular weight is 308 g/mol. The van der Waals surface area contributed by atoms with E-state index in [2.05, 4.69) is 43.1 Å². The predicted octanol–water partition coefficient (Wildman–Crippen LogP) is 3.55. The van der Waals surface area contributed by atoms with E-state index in [-0.39, 0.29) is 0 Å². The molecule has 1 fully saturated rings. The number of likely N-dealkylation sites (N-methyl/N-ethyl adjacent to an activating group) is 1. The molecule has 0 aliphatic carbocycles. The molecule has 0 spiro atoms. The van der Waals surface area contributed by atoms with Crippen molar-refractivity contribution in [2.75, 3.05) is 26.2 Å². The lowest BCUT2D eigenvalue weighted by Crippen LogP contribution is -2.28. The number of benzene rings is 1. The Morgan fingerprint density at radius 1 is 1.24 bits per heavy atom. The minimum Gasteiger partial charge on any atom is -0.371 e. The Balaban J connectivity index is 1.92. The van der Waals surface area contributed by atoms with Gasteiger partial charge in [0.05, 0.1) is 12.4 Å². The molecular weight excluding hydrogens is 282 g/mol. The molecule has 0 amide bonds. The van der Waals surface area contributed by atoms with Crippen LogP contribution < -0.4 is 5.32 Å². The third-order valence-electron chi connectivity index (χ3n) is 4.32. The van der Waals surface area contributed by atoms with Crippen LogP contribution in [0.1, 0.15) is 38.7 Å². The van der Waals surface area contributed by atoms with Crippen LogP contribution in [0.25, 0.3) is 0 Å². The van der Waals surface area contributed by atoms with Crippen LogP contribution in [-0.4, -0.2) is 43.0 Å². The lowest BCUT2D eigenvalue weighted by atomic mass is 9.93. The molecule has 2 unspecified atom stereocenters. The van der Waals surface area contributed by atoms with Crippen LogP contribution in [0.15, 0.2) is 29.3 Å². The van der Waals surface area contributed by atoms with Gasteiger partial charge in [0.2, 0.25) is 0 Å². The van der Waals surface area contributed by atoms with Crippen molar-refractivity contribution in [3.63, 3.8) is 0 Å². The van der Waals surface area contributed by atoms with Crippen LogP contribution in [0.5, 0.6) is 0 Å².